The monoisotopic (exact) mass is 340 g/mol. The van der Waals surface area contributed by atoms with E-state index in [1.807, 2.05) is 11.3 Å². The van der Waals surface area contributed by atoms with Gasteiger partial charge in [0, 0.05) is 49.7 Å². The van der Waals surface area contributed by atoms with Crippen LogP contribution in [0.25, 0.3) is 10.1 Å². The van der Waals surface area contributed by atoms with Crippen LogP contribution in [0.5, 0.6) is 5.88 Å². The zero-order valence-electron chi connectivity index (χ0n) is 13.7. The van der Waals surface area contributed by atoms with Gasteiger partial charge in [0.15, 0.2) is 0 Å². The van der Waals surface area contributed by atoms with Gasteiger partial charge in [-0.3, -0.25) is 4.90 Å². The molecule has 5 nitrogen and oxygen atoms in total. The first-order valence-corrected chi connectivity index (χ1v) is 9.01. The third-order valence-corrected chi connectivity index (χ3v) is 5.45. The Morgan fingerprint density at radius 3 is 2.79 bits per heavy atom. The van der Waals surface area contributed by atoms with Crippen LogP contribution in [-0.4, -0.2) is 48.2 Å². The lowest BCUT2D eigenvalue weighted by molar-refractivity contribution is 0.249. The highest BCUT2D eigenvalue weighted by Gasteiger charge is 2.20. The van der Waals surface area contributed by atoms with Gasteiger partial charge in [0.1, 0.15) is 0 Å². The van der Waals surface area contributed by atoms with Crippen LogP contribution in [0.15, 0.2) is 41.9 Å². The van der Waals surface area contributed by atoms with E-state index < -0.39 is 0 Å². The average Bonchev–Trinajstić information content (AvgIpc) is 3.05. The number of fused-ring (bicyclic) bond motifs is 1. The van der Waals surface area contributed by atoms with Gasteiger partial charge in [0.05, 0.1) is 7.11 Å². The van der Waals surface area contributed by atoms with Crippen LogP contribution >= 0.6 is 11.3 Å². The Bertz CT molecular complexity index is 827. The topological polar surface area (TPSA) is 41.5 Å². The van der Waals surface area contributed by atoms with Gasteiger partial charge < -0.3 is 9.64 Å². The van der Waals surface area contributed by atoms with Crippen molar-refractivity contribution in [2.45, 2.75) is 6.54 Å². The molecule has 2 aromatic heterocycles. The van der Waals surface area contributed by atoms with Gasteiger partial charge in [-0.25, -0.2) is 4.98 Å². The molecule has 3 heterocycles. The second-order valence-corrected chi connectivity index (χ2v) is 6.83. The van der Waals surface area contributed by atoms with E-state index in [1.54, 1.807) is 19.4 Å². The van der Waals surface area contributed by atoms with Crippen LogP contribution in [0, 0.1) is 0 Å². The van der Waals surface area contributed by atoms with Gasteiger partial charge >= 0.3 is 0 Å². The fourth-order valence-electron chi connectivity index (χ4n) is 3.10. The molecule has 1 aliphatic rings. The molecule has 6 heteroatoms. The maximum Gasteiger partial charge on any atom is 0.228 e. The van der Waals surface area contributed by atoms with Gasteiger partial charge in [-0.05, 0) is 22.4 Å². The molecule has 4 rings (SSSR count). The highest BCUT2D eigenvalue weighted by molar-refractivity contribution is 7.17. The molecular weight excluding hydrogens is 320 g/mol. The van der Waals surface area contributed by atoms with Crippen LogP contribution in [0.2, 0.25) is 0 Å². The number of ether oxygens (including phenoxy) is 1. The highest BCUT2D eigenvalue weighted by atomic mass is 32.1. The van der Waals surface area contributed by atoms with Crippen molar-refractivity contribution in [3.63, 3.8) is 0 Å². The van der Waals surface area contributed by atoms with Gasteiger partial charge in [-0.1, -0.05) is 18.2 Å². The van der Waals surface area contributed by atoms with Crippen molar-refractivity contribution in [1.82, 2.24) is 14.9 Å². The molecule has 0 spiro atoms. The number of rotatable bonds is 4. The minimum atomic E-state index is 0.618. The molecule has 24 heavy (non-hydrogen) atoms. The van der Waals surface area contributed by atoms with E-state index in [9.17, 15) is 0 Å². The number of hydrogen-bond acceptors (Lipinski definition) is 6. The molecule has 0 saturated carbocycles. The van der Waals surface area contributed by atoms with Crippen molar-refractivity contribution in [3.8, 4) is 5.88 Å². The maximum atomic E-state index is 5.19. The molecule has 124 valence electrons. The minimum Gasteiger partial charge on any atom is -0.481 e. The molecular formula is C18H20N4OS. The predicted octanol–water partition coefficient (Wildman–Crippen LogP) is 3.02. The quantitative estimate of drug-likeness (QED) is 0.730. The van der Waals surface area contributed by atoms with E-state index in [0.29, 0.717) is 5.88 Å². The third-order valence-electron chi connectivity index (χ3n) is 4.44. The second kappa shape index (κ2) is 6.75. The number of aromatic nitrogens is 2. The SMILES string of the molecule is COc1ccnc(N2CCN(Cc3csc4ccccc34)CC2)n1. The van der Waals surface area contributed by atoms with Crippen molar-refractivity contribution in [2.75, 3.05) is 38.2 Å². The van der Waals surface area contributed by atoms with Gasteiger partial charge in [0.2, 0.25) is 11.8 Å². The van der Waals surface area contributed by atoms with E-state index >= 15 is 0 Å². The Morgan fingerprint density at radius 1 is 1.12 bits per heavy atom. The third kappa shape index (κ3) is 3.07. The van der Waals surface area contributed by atoms with Crippen LogP contribution < -0.4 is 9.64 Å². The van der Waals surface area contributed by atoms with E-state index in [0.717, 1.165) is 38.7 Å². The Labute approximate surface area is 145 Å². The summed E-state index contributed by atoms with van der Waals surface area (Å²) in [4.78, 5) is 13.5. The molecule has 0 bridgehead atoms. The molecule has 0 amide bonds. The first-order chi connectivity index (χ1) is 11.8. The summed E-state index contributed by atoms with van der Waals surface area (Å²) >= 11 is 1.83. The molecule has 0 aliphatic carbocycles. The zero-order chi connectivity index (χ0) is 16.4. The summed E-state index contributed by atoms with van der Waals surface area (Å²) in [5.41, 5.74) is 1.43. The molecule has 0 radical (unpaired) electrons. The van der Waals surface area contributed by atoms with Crippen molar-refractivity contribution >= 4 is 27.4 Å². The first-order valence-electron chi connectivity index (χ1n) is 8.13. The fraction of sp³-hybridized carbons (Fsp3) is 0.333. The Balaban J connectivity index is 1.41. The summed E-state index contributed by atoms with van der Waals surface area (Å²) in [5, 5.41) is 3.68. The normalized spacial score (nSPS) is 15.8. The van der Waals surface area contributed by atoms with Gasteiger partial charge in [-0.15, -0.1) is 11.3 Å². The molecule has 0 unspecified atom stereocenters. The molecule has 0 atom stereocenters. The second-order valence-electron chi connectivity index (χ2n) is 5.92. The molecule has 1 aromatic carbocycles. The predicted molar refractivity (Wildman–Crippen MR) is 97.9 cm³/mol. The van der Waals surface area contributed by atoms with Crippen molar-refractivity contribution in [3.05, 3.63) is 47.5 Å². The van der Waals surface area contributed by atoms with Crippen LogP contribution in [0.3, 0.4) is 0 Å². The first kappa shape index (κ1) is 15.4. The van der Waals surface area contributed by atoms with E-state index in [-0.39, 0.29) is 0 Å². The van der Waals surface area contributed by atoms with Crippen molar-refractivity contribution in [1.29, 1.82) is 0 Å². The Kier molecular flexibility index (Phi) is 4.32. The molecule has 1 fully saturated rings. The fourth-order valence-corrected chi connectivity index (χ4v) is 4.05. The molecule has 1 aliphatic heterocycles. The lowest BCUT2D eigenvalue weighted by atomic mass is 10.1. The van der Waals surface area contributed by atoms with E-state index in [2.05, 4.69) is 49.4 Å². The number of anilines is 1. The number of methoxy groups -OCH3 is 1. The number of thiophene rings is 1. The van der Waals surface area contributed by atoms with Gasteiger partial charge in [-0.2, -0.15) is 4.98 Å². The smallest absolute Gasteiger partial charge is 0.228 e. The Morgan fingerprint density at radius 2 is 1.96 bits per heavy atom. The van der Waals surface area contributed by atoms with Crippen molar-refractivity contribution in [2.24, 2.45) is 0 Å². The Hall–Kier alpha value is -2.18. The van der Waals surface area contributed by atoms with Crippen LogP contribution in [-0.2, 0) is 6.54 Å². The standard InChI is InChI=1S/C18H20N4OS/c1-23-17-6-7-19-18(20-17)22-10-8-21(9-11-22)12-14-13-24-16-5-3-2-4-15(14)16/h2-7,13H,8-12H2,1H3. The number of nitrogens with zero attached hydrogens (tertiary/aromatic N) is 4. The number of piperazine rings is 1. The van der Waals surface area contributed by atoms with Crippen LogP contribution in [0.4, 0.5) is 5.95 Å². The number of hydrogen-bond donors (Lipinski definition) is 0. The lowest BCUT2D eigenvalue weighted by Gasteiger charge is -2.34. The summed E-state index contributed by atoms with van der Waals surface area (Å²) in [5.74, 6) is 1.38. The summed E-state index contributed by atoms with van der Waals surface area (Å²) in [6.45, 7) is 4.93. The maximum absolute atomic E-state index is 5.19. The van der Waals surface area contributed by atoms with Crippen LogP contribution in [0.1, 0.15) is 5.56 Å². The summed E-state index contributed by atoms with van der Waals surface area (Å²) in [6.07, 6.45) is 1.75. The summed E-state index contributed by atoms with van der Waals surface area (Å²) < 4.78 is 6.56. The summed E-state index contributed by atoms with van der Waals surface area (Å²) in [6, 6.07) is 10.4. The zero-order valence-corrected chi connectivity index (χ0v) is 14.5. The van der Waals surface area contributed by atoms with Crippen molar-refractivity contribution < 1.29 is 4.74 Å². The molecule has 3 aromatic rings. The molecule has 1 saturated heterocycles. The summed E-state index contributed by atoms with van der Waals surface area (Å²) in [7, 11) is 1.63. The molecule has 0 N–H and O–H groups in total. The van der Waals surface area contributed by atoms with Gasteiger partial charge in [0.25, 0.3) is 0 Å². The average molecular weight is 340 g/mol. The number of benzene rings is 1. The van der Waals surface area contributed by atoms with E-state index in [1.165, 1.54) is 15.6 Å². The van der Waals surface area contributed by atoms with E-state index in [4.69, 9.17) is 4.74 Å². The minimum absolute atomic E-state index is 0.618. The largest absolute Gasteiger partial charge is 0.481 e. The highest BCUT2D eigenvalue weighted by Crippen LogP contribution is 2.27. The lowest BCUT2D eigenvalue weighted by Crippen LogP contribution is -2.46.